The van der Waals surface area contributed by atoms with Crippen LogP contribution in [0.1, 0.15) is 11.6 Å². The topological polar surface area (TPSA) is 47.6 Å². The Kier molecular flexibility index (Phi) is 4.77. The van der Waals surface area contributed by atoms with Gasteiger partial charge in [-0.3, -0.25) is 0 Å². The second-order valence-corrected chi connectivity index (χ2v) is 4.38. The van der Waals surface area contributed by atoms with E-state index in [2.05, 4.69) is 5.32 Å². The first kappa shape index (κ1) is 14.8. The van der Waals surface area contributed by atoms with Gasteiger partial charge in [0.05, 0.1) is 14.2 Å². The van der Waals surface area contributed by atoms with E-state index in [1.54, 1.807) is 43.5 Å². The van der Waals surface area contributed by atoms with Gasteiger partial charge in [-0.2, -0.15) is 0 Å². The minimum absolute atomic E-state index is 0.355. The smallest absolute Gasteiger partial charge is 0.332 e. The van der Waals surface area contributed by atoms with E-state index in [0.717, 1.165) is 11.4 Å². The van der Waals surface area contributed by atoms with Gasteiger partial charge >= 0.3 is 5.97 Å². The summed E-state index contributed by atoms with van der Waals surface area (Å²) in [5.74, 6) is -0.0822. The van der Waals surface area contributed by atoms with Crippen LogP contribution in [0.15, 0.2) is 48.5 Å². The number of carbonyl (C=O) groups is 1. The molecule has 21 heavy (non-hydrogen) atoms. The summed E-state index contributed by atoms with van der Waals surface area (Å²) in [6.07, 6.45) is 0. The maximum atomic E-state index is 13.0. The van der Waals surface area contributed by atoms with Crippen LogP contribution in [0.2, 0.25) is 0 Å². The number of benzene rings is 2. The summed E-state index contributed by atoms with van der Waals surface area (Å²) in [5, 5.41) is 3.06. The normalized spacial score (nSPS) is 11.6. The van der Waals surface area contributed by atoms with Gasteiger partial charge in [-0.1, -0.05) is 12.1 Å². The van der Waals surface area contributed by atoms with Crippen LogP contribution in [-0.4, -0.2) is 20.2 Å². The predicted octanol–water partition coefficient (Wildman–Crippen LogP) is 3.16. The number of rotatable bonds is 5. The molecule has 0 aliphatic heterocycles. The Hall–Kier alpha value is -2.56. The Morgan fingerprint density at radius 2 is 1.67 bits per heavy atom. The lowest BCUT2D eigenvalue weighted by Gasteiger charge is -2.18. The van der Waals surface area contributed by atoms with Gasteiger partial charge < -0.3 is 14.8 Å². The Morgan fingerprint density at radius 3 is 2.19 bits per heavy atom. The number of nitrogens with one attached hydrogen (secondary N) is 1. The summed E-state index contributed by atoms with van der Waals surface area (Å²) in [4.78, 5) is 11.9. The molecule has 5 heteroatoms. The maximum Gasteiger partial charge on any atom is 0.332 e. The van der Waals surface area contributed by atoms with E-state index < -0.39 is 12.0 Å². The molecule has 0 saturated carbocycles. The second-order valence-electron chi connectivity index (χ2n) is 4.38. The average molecular weight is 289 g/mol. The minimum Gasteiger partial charge on any atom is -0.497 e. The monoisotopic (exact) mass is 289 g/mol. The first-order valence-corrected chi connectivity index (χ1v) is 6.38. The molecule has 1 N–H and O–H groups in total. The van der Waals surface area contributed by atoms with E-state index in [1.807, 2.05) is 0 Å². The molecule has 2 aromatic rings. The van der Waals surface area contributed by atoms with Gasteiger partial charge in [0.25, 0.3) is 0 Å². The number of esters is 1. The van der Waals surface area contributed by atoms with Crippen molar-refractivity contribution in [2.45, 2.75) is 6.04 Å². The van der Waals surface area contributed by atoms with Crippen LogP contribution >= 0.6 is 0 Å². The molecule has 0 aliphatic carbocycles. The number of carbonyl (C=O) groups excluding carboxylic acids is 1. The average Bonchev–Trinajstić information content (AvgIpc) is 2.53. The van der Waals surface area contributed by atoms with E-state index in [9.17, 15) is 9.18 Å². The van der Waals surface area contributed by atoms with Crippen molar-refractivity contribution in [3.05, 3.63) is 59.9 Å². The van der Waals surface area contributed by atoms with Gasteiger partial charge in [0.2, 0.25) is 0 Å². The van der Waals surface area contributed by atoms with Crippen molar-refractivity contribution in [1.29, 1.82) is 0 Å². The van der Waals surface area contributed by atoms with Crippen molar-refractivity contribution >= 4 is 11.7 Å². The number of methoxy groups -OCH3 is 2. The van der Waals surface area contributed by atoms with Gasteiger partial charge in [-0.05, 0) is 42.0 Å². The van der Waals surface area contributed by atoms with Gasteiger partial charge in [-0.25, -0.2) is 9.18 Å². The molecular weight excluding hydrogens is 273 g/mol. The zero-order valence-electron chi connectivity index (χ0n) is 11.8. The SMILES string of the molecule is COC(=O)[C@@H](Nc1ccc(OC)cc1)c1ccc(F)cc1. The molecule has 2 aromatic carbocycles. The quantitative estimate of drug-likeness (QED) is 0.859. The molecule has 0 amide bonds. The Labute approximate surface area is 122 Å². The van der Waals surface area contributed by atoms with E-state index in [4.69, 9.17) is 9.47 Å². The molecule has 2 rings (SSSR count). The summed E-state index contributed by atoms with van der Waals surface area (Å²) >= 11 is 0. The number of ether oxygens (including phenoxy) is 2. The molecule has 0 saturated heterocycles. The molecule has 0 radical (unpaired) electrons. The fourth-order valence-electron chi connectivity index (χ4n) is 1.91. The molecule has 0 spiro atoms. The molecule has 1 atom stereocenters. The summed E-state index contributed by atoms with van der Waals surface area (Å²) in [6, 6.07) is 12.1. The largest absolute Gasteiger partial charge is 0.497 e. The van der Waals surface area contributed by atoms with E-state index in [1.165, 1.54) is 19.2 Å². The summed E-state index contributed by atoms with van der Waals surface area (Å²) in [7, 11) is 2.90. The molecule has 0 bridgehead atoms. The van der Waals surface area contributed by atoms with Crippen LogP contribution in [0.4, 0.5) is 10.1 Å². The number of hydrogen-bond donors (Lipinski definition) is 1. The summed E-state index contributed by atoms with van der Waals surface area (Å²) in [5.41, 5.74) is 1.36. The predicted molar refractivity (Wildman–Crippen MR) is 77.8 cm³/mol. The molecular formula is C16H16FNO3. The van der Waals surface area contributed by atoms with Crippen molar-refractivity contribution in [2.75, 3.05) is 19.5 Å². The lowest BCUT2D eigenvalue weighted by atomic mass is 10.1. The summed E-state index contributed by atoms with van der Waals surface area (Å²) in [6.45, 7) is 0. The van der Waals surface area contributed by atoms with Crippen LogP contribution in [-0.2, 0) is 9.53 Å². The van der Waals surface area contributed by atoms with Crippen LogP contribution in [0.25, 0.3) is 0 Å². The Bertz CT molecular complexity index is 596. The van der Waals surface area contributed by atoms with E-state index >= 15 is 0 Å². The lowest BCUT2D eigenvalue weighted by Crippen LogP contribution is -2.22. The lowest BCUT2D eigenvalue weighted by molar-refractivity contribution is -0.141. The molecule has 4 nitrogen and oxygen atoms in total. The Balaban J connectivity index is 2.23. The third kappa shape index (κ3) is 3.72. The molecule has 0 aliphatic rings. The minimum atomic E-state index is -0.705. The van der Waals surface area contributed by atoms with Crippen molar-refractivity contribution < 1.29 is 18.7 Å². The molecule has 0 aromatic heterocycles. The van der Waals surface area contributed by atoms with Gasteiger partial charge in [-0.15, -0.1) is 0 Å². The van der Waals surface area contributed by atoms with Gasteiger partial charge in [0.1, 0.15) is 11.6 Å². The highest BCUT2D eigenvalue weighted by molar-refractivity contribution is 5.81. The molecule has 0 heterocycles. The van der Waals surface area contributed by atoms with Crippen LogP contribution < -0.4 is 10.1 Å². The first-order chi connectivity index (χ1) is 10.1. The number of anilines is 1. The standard InChI is InChI=1S/C16H16FNO3/c1-20-14-9-7-13(8-10-14)18-15(16(19)21-2)11-3-5-12(17)6-4-11/h3-10,15,18H,1-2H3/t15-/m0/s1. The van der Waals surface area contributed by atoms with Crippen LogP contribution in [0.3, 0.4) is 0 Å². The van der Waals surface area contributed by atoms with E-state index in [-0.39, 0.29) is 5.82 Å². The number of hydrogen-bond acceptors (Lipinski definition) is 4. The van der Waals surface area contributed by atoms with Crippen molar-refractivity contribution in [3.63, 3.8) is 0 Å². The Morgan fingerprint density at radius 1 is 1.05 bits per heavy atom. The fourth-order valence-corrected chi connectivity index (χ4v) is 1.91. The molecule has 0 unspecified atom stereocenters. The van der Waals surface area contributed by atoms with Gasteiger partial charge in [0.15, 0.2) is 6.04 Å². The zero-order valence-corrected chi connectivity index (χ0v) is 11.8. The molecule has 110 valence electrons. The van der Waals surface area contributed by atoms with E-state index in [0.29, 0.717) is 5.56 Å². The third-order valence-electron chi connectivity index (χ3n) is 3.04. The highest BCUT2D eigenvalue weighted by atomic mass is 19.1. The highest BCUT2D eigenvalue weighted by Gasteiger charge is 2.21. The summed E-state index contributed by atoms with van der Waals surface area (Å²) < 4.78 is 22.9. The van der Waals surface area contributed by atoms with Crippen molar-refractivity contribution in [2.24, 2.45) is 0 Å². The zero-order chi connectivity index (χ0) is 15.2. The first-order valence-electron chi connectivity index (χ1n) is 6.38. The maximum absolute atomic E-state index is 13.0. The second kappa shape index (κ2) is 6.74. The third-order valence-corrected chi connectivity index (χ3v) is 3.04. The van der Waals surface area contributed by atoms with Crippen molar-refractivity contribution in [3.8, 4) is 5.75 Å². The van der Waals surface area contributed by atoms with Crippen molar-refractivity contribution in [1.82, 2.24) is 0 Å². The fraction of sp³-hybridized carbons (Fsp3) is 0.188. The van der Waals surface area contributed by atoms with Crippen LogP contribution in [0.5, 0.6) is 5.75 Å². The number of halogens is 1. The van der Waals surface area contributed by atoms with Gasteiger partial charge in [0, 0.05) is 5.69 Å². The molecule has 0 fully saturated rings. The highest BCUT2D eigenvalue weighted by Crippen LogP contribution is 2.23. The van der Waals surface area contributed by atoms with Crippen LogP contribution in [0, 0.1) is 5.82 Å².